The van der Waals surface area contributed by atoms with Gasteiger partial charge in [-0.2, -0.15) is 18.4 Å². The van der Waals surface area contributed by atoms with E-state index in [0.29, 0.717) is 25.4 Å². The summed E-state index contributed by atoms with van der Waals surface area (Å²) < 4.78 is 43.7. The molecule has 6 heteroatoms. The monoisotopic (exact) mass is 284 g/mol. The summed E-state index contributed by atoms with van der Waals surface area (Å²) in [5.74, 6) is 0. The van der Waals surface area contributed by atoms with Gasteiger partial charge in [0.2, 0.25) is 0 Å². The van der Waals surface area contributed by atoms with Crippen LogP contribution in [0.1, 0.15) is 25.0 Å². The van der Waals surface area contributed by atoms with E-state index in [-0.39, 0.29) is 11.1 Å². The fourth-order valence-corrected chi connectivity index (χ4v) is 2.38. The molecular formula is C14H15F3N2O. The lowest BCUT2D eigenvalue weighted by molar-refractivity contribution is -0.137. The zero-order valence-electron chi connectivity index (χ0n) is 11.3. The average molecular weight is 284 g/mol. The highest BCUT2D eigenvalue weighted by Crippen LogP contribution is 2.35. The van der Waals surface area contributed by atoms with Gasteiger partial charge in [0.1, 0.15) is 0 Å². The van der Waals surface area contributed by atoms with Crippen LogP contribution in [-0.2, 0) is 10.9 Å². The zero-order chi connectivity index (χ0) is 15.0. The van der Waals surface area contributed by atoms with Crippen LogP contribution in [0.25, 0.3) is 0 Å². The minimum absolute atomic E-state index is 0.315. The molecule has 0 unspecified atom stereocenters. The van der Waals surface area contributed by atoms with Crippen LogP contribution in [0, 0.1) is 11.3 Å². The van der Waals surface area contributed by atoms with Crippen molar-refractivity contribution in [1.82, 2.24) is 0 Å². The molecule has 3 nitrogen and oxygen atoms in total. The summed E-state index contributed by atoms with van der Waals surface area (Å²) in [6.07, 6.45) is -4.51. The van der Waals surface area contributed by atoms with Crippen LogP contribution in [0.4, 0.5) is 18.9 Å². The van der Waals surface area contributed by atoms with E-state index in [4.69, 9.17) is 10.00 Å². The molecule has 108 valence electrons. The maximum atomic E-state index is 12.8. The van der Waals surface area contributed by atoms with Gasteiger partial charge in [0.05, 0.1) is 35.9 Å². The van der Waals surface area contributed by atoms with E-state index in [1.54, 1.807) is 6.07 Å². The number of morpholine rings is 1. The van der Waals surface area contributed by atoms with Crippen LogP contribution in [0.2, 0.25) is 0 Å². The molecule has 0 aliphatic carbocycles. The number of benzene rings is 1. The third-order valence-corrected chi connectivity index (χ3v) is 3.39. The Bertz CT molecular complexity index is 546. The van der Waals surface area contributed by atoms with Gasteiger partial charge in [0, 0.05) is 12.2 Å². The van der Waals surface area contributed by atoms with E-state index < -0.39 is 11.7 Å². The number of alkyl halides is 3. The fraction of sp³-hybridized carbons (Fsp3) is 0.500. The molecule has 1 aromatic rings. The van der Waals surface area contributed by atoms with Crippen LogP contribution in [-0.4, -0.2) is 25.3 Å². The number of halogens is 3. The van der Waals surface area contributed by atoms with Crippen LogP contribution >= 0.6 is 0 Å². The Morgan fingerprint density at radius 1 is 1.35 bits per heavy atom. The maximum Gasteiger partial charge on any atom is 0.417 e. The summed E-state index contributed by atoms with van der Waals surface area (Å²) in [5.41, 5.74) is -0.944. The molecule has 20 heavy (non-hydrogen) atoms. The highest BCUT2D eigenvalue weighted by Gasteiger charge is 2.35. The Morgan fingerprint density at radius 3 is 2.60 bits per heavy atom. The van der Waals surface area contributed by atoms with Crippen molar-refractivity contribution in [1.29, 1.82) is 5.26 Å². The van der Waals surface area contributed by atoms with Gasteiger partial charge in [-0.3, -0.25) is 0 Å². The molecule has 0 aromatic heterocycles. The Hall–Kier alpha value is -1.74. The second kappa shape index (κ2) is 4.98. The maximum absolute atomic E-state index is 12.8. The van der Waals surface area contributed by atoms with Crippen LogP contribution in [0.15, 0.2) is 18.2 Å². The van der Waals surface area contributed by atoms with Gasteiger partial charge in [-0.1, -0.05) is 0 Å². The van der Waals surface area contributed by atoms with E-state index in [2.05, 4.69) is 0 Å². The van der Waals surface area contributed by atoms with Gasteiger partial charge < -0.3 is 9.64 Å². The lowest BCUT2D eigenvalue weighted by Crippen LogP contribution is -2.53. The minimum atomic E-state index is -4.51. The Balaban J connectivity index is 2.42. The third-order valence-electron chi connectivity index (χ3n) is 3.39. The standard InChI is InChI=1S/C14H15F3N2O/c1-13(2)9-20-6-5-19(13)11-3-4-12(14(15,16)17)10(7-11)8-18/h3-4,7H,5-6,9H2,1-2H3. The minimum Gasteiger partial charge on any atom is -0.377 e. The number of ether oxygens (including phenoxy) is 1. The van der Waals surface area contributed by atoms with Gasteiger partial charge in [-0.15, -0.1) is 0 Å². The molecule has 0 atom stereocenters. The van der Waals surface area contributed by atoms with E-state index in [9.17, 15) is 13.2 Å². The SMILES string of the molecule is CC1(C)COCCN1c1ccc(C(F)(F)F)c(C#N)c1. The summed E-state index contributed by atoms with van der Waals surface area (Å²) in [5, 5.41) is 8.94. The van der Waals surface area contributed by atoms with E-state index in [1.807, 2.05) is 18.7 Å². The van der Waals surface area contributed by atoms with Crippen molar-refractivity contribution in [3.63, 3.8) is 0 Å². The molecule has 0 spiro atoms. The molecule has 1 heterocycles. The van der Waals surface area contributed by atoms with Gasteiger partial charge >= 0.3 is 6.18 Å². The lowest BCUT2D eigenvalue weighted by atomic mass is 9.99. The van der Waals surface area contributed by atoms with Crippen molar-refractivity contribution in [3.05, 3.63) is 29.3 Å². The first-order valence-electron chi connectivity index (χ1n) is 6.22. The molecular weight excluding hydrogens is 269 g/mol. The van der Waals surface area contributed by atoms with Crippen molar-refractivity contribution >= 4 is 5.69 Å². The summed E-state index contributed by atoms with van der Waals surface area (Å²) in [7, 11) is 0. The predicted octanol–water partition coefficient (Wildman–Crippen LogP) is 3.19. The average Bonchev–Trinajstić information content (AvgIpc) is 2.36. The van der Waals surface area contributed by atoms with Gasteiger partial charge in [-0.05, 0) is 32.0 Å². The van der Waals surface area contributed by atoms with Crippen LogP contribution in [0.3, 0.4) is 0 Å². The van der Waals surface area contributed by atoms with Gasteiger partial charge in [-0.25, -0.2) is 0 Å². The highest BCUT2D eigenvalue weighted by atomic mass is 19.4. The van der Waals surface area contributed by atoms with Crippen molar-refractivity contribution in [3.8, 4) is 6.07 Å². The summed E-state index contributed by atoms with van der Waals surface area (Å²) in [6, 6.07) is 5.32. The first-order chi connectivity index (χ1) is 9.25. The van der Waals surface area contributed by atoms with E-state index in [0.717, 1.165) is 6.07 Å². The Labute approximate surface area is 115 Å². The van der Waals surface area contributed by atoms with Crippen molar-refractivity contribution in [2.24, 2.45) is 0 Å². The first kappa shape index (κ1) is 14.7. The lowest BCUT2D eigenvalue weighted by Gasteiger charge is -2.44. The summed E-state index contributed by atoms with van der Waals surface area (Å²) in [6.45, 7) is 5.51. The molecule has 1 aliphatic rings. The number of anilines is 1. The number of nitriles is 1. The Kier molecular flexibility index (Phi) is 3.65. The Morgan fingerprint density at radius 2 is 2.05 bits per heavy atom. The van der Waals surface area contributed by atoms with Crippen molar-refractivity contribution < 1.29 is 17.9 Å². The van der Waals surface area contributed by atoms with E-state index >= 15 is 0 Å². The molecule has 0 amide bonds. The molecule has 0 radical (unpaired) electrons. The third kappa shape index (κ3) is 2.73. The quantitative estimate of drug-likeness (QED) is 0.794. The molecule has 1 aromatic carbocycles. The predicted molar refractivity (Wildman–Crippen MR) is 68.4 cm³/mol. The largest absolute Gasteiger partial charge is 0.417 e. The normalized spacial score (nSPS) is 18.7. The molecule has 1 aliphatic heterocycles. The second-order valence-corrected chi connectivity index (χ2v) is 5.36. The summed E-state index contributed by atoms with van der Waals surface area (Å²) >= 11 is 0. The molecule has 0 N–H and O–H groups in total. The first-order valence-corrected chi connectivity index (χ1v) is 6.22. The summed E-state index contributed by atoms with van der Waals surface area (Å²) in [4.78, 5) is 1.97. The fourth-order valence-electron chi connectivity index (χ4n) is 2.38. The highest BCUT2D eigenvalue weighted by molar-refractivity contribution is 5.57. The van der Waals surface area contributed by atoms with Crippen molar-refractivity contribution in [2.45, 2.75) is 25.6 Å². The number of hydrogen-bond acceptors (Lipinski definition) is 3. The topological polar surface area (TPSA) is 36.3 Å². The molecule has 2 rings (SSSR count). The zero-order valence-corrected chi connectivity index (χ0v) is 11.3. The molecule has 0 saturated carbocycles. The molecule has 1 saturated heterocycles. The number of hydrogen-bond donors (Lipinski definition) is 0. The van der Waals surface area contributed by atoms with Gasteiger partial charge in [0.25, 0.3) is 0 Å². The molecule has 1 fully saturated rings. The number of nitrogens with zero attached hydrogens (tertiary/aromatic N) is 2. The smallest absolute Gasteiger partial charge is 0.377 e. The molecule has 0 bridgehead atoms. The second-order valence-electron chi connectivity index (χ2n) is 5.36. The van der Waals surface area contributed by atoms with Crippen LogP contribution < -0.4 is 4.90 Å². The number of rotatable bonds is 1. The van der Waals surface area contributed by atoms with Crippen molar-refractivity contribution in [2.75, 3.05) is 24.7 Å². The van der Waals surface area contributed by atoms with Crippen LogP contribution in [0.5, 0.6) is 0 Å². The van der Waals surface area contributed by atoms with Gasteiger partial charge in [0.15, 0.2) is 0 Å². The van der Waals surface area contributed by atoms with E-state index in [1.165, 1.54) is 12.1 Å².